The highest BCUT2D eigenvalue weighted by atomic mass is 32.2. The van der Waals surface area contributed by atoms with Crippen LogP contribution in [0, 0.1) is 11.8 Å². The molecule has 1 spiro atoms. The van der Waals surface area contributed by atoms with Gasteiger partial charge in [-0.15, -0.1) is 0 Å². The summed E-state index contributed by atoms with van der Waals surface area (Å²) in [6.07, 6.45) is 2.83. The molecule has 3 aliphatic rings. The number of sulfonamides is 1. The monoisotopic (exact) mass is 393 g/mol. The molecule has 4 rings (SSSR count). The maximum Gasteiger partial charge on any atom is 0.312 e. The van der Waals surface area contributed by atoms with Gasteiger partial charge in [0.1, 0.15) is 17.3 Å². The number of carbonyl (C=O) groups excluding carboxylic acids is 2. The molecule has 144 valence electrons. The Hall–Kier alpha value is -2.39. The number of ether oxygens (including phenoxy) is 3. The van der Waals surface area contributed by atoms with E-state index < -0.39 is 45.4 Å². The van der Waals surface area contributed by atoms with E-state index in [4.69, 9.17) is 14.2 Å². The Kier molecular flexibility index (Phi) is 4.04. The molecule has 0 aliphatic carbocycles. The van der Waals surface area contributed by atoms with Crippen molar-refractivity contribution in [2.75, 3.05) is 20.3 Å². The number of carbonyl (C=O) groups is 2. The zero-order valence-corrected chi connectivity index (χ0v) is 15.6. The summed E-state index contributed by atoms with van der Waals surface area (Å²) >= 11 is 0. The third-order valence-electron chi connectivity index (χ3n) is 5.27. The predicted molar refractivity (Wildman–Crippen MR) is 92.2 cm³/mol. The fraction of sp³-hybridized carbons (Fsp3) is 0.444. The van der Waals surface area contributed by atoms with Gasteiger partial charge in [-0.3, -0.25) is 9.59 Å². The van der Waals surface area contributed by atoms with Crippen LogP contribution in [0.15, 0.2) is 41.3 Å². The molecule has 1 aromatic rings. The summed E-state index contributed by atoms with van der Waals surface area (Å²) in [5, 5.41) is 0. The van der Waals surface area contributed by atoms with Crippen LogP contribution in [-0.2, 0) is 29.1 Å². The molecule has 0 N–H and O–H groups in total. The van der Waals surface area contributed by atoms with E-state index in [1.807, 2.05) is 0 Å². The number of nitrogens with zero attached hydrogens (tertiary/aromatic N) is 1. The lowest BCUT2D eigenvalue weighted by Crippen LogP contribution is -2.40. The second kappa shape index (κ2) is 6.07. The number of fused-ring (bicyclic) bond motifs is 1. The number of rotatable bonds is 5. The number of hydrogen-bond donors (Lipinski definition) is 0. The van der Waals surface area contributed by atoms with Gasteiger partial charge in [0, 0.05) is 0 Å². The molecule has 2 bridgehead atoms. The zero-order chi connectivity index (χ0) is 19.4. The third-order valence-corrected chi connectivity index (χ3v) is 7.03. The summed E-state index contributed by atoms with van der Waals surface area (Å²) < 4.78 is 42.8. The van der Waals surface area contributed by atoms with Crippen LogP contribution >= 0.6 is 0 Å². The summed E-state index contributed by atoms with van der Waals surface area (Å²) in [7, 11) is -2.61. The van der Waals surface area contributed by atoms with Gasteiger partial charge in [-0.25, -0.2) is 12.7 Å². The van der Waals surface area contributed by atoms with Crippen LogP contribution in [0.1, 0.15) is 6.92 Å². The van der Waals surface area contributed by atoms with E-state index >= 15 is 0 Å². The Morgan fingerprint density at radius 2 is 2.04 bits per heavy atom. The van der Waals surface area contributed by atoms with Crippen molar-refractivity contribution in [2.24, 2.45) is 11.8 Å². The summed E-state index contributed by atoms with van der Waals surface area (Å²) in [5.74, 6) is -2.42. The third kappa shape index (κ3) is 2.49. The molecule has 2 fully saturated rings. The van der Waals surface area contributed by atoms with E-state index in [2.05, 4.69) is 0 Å². The molecule has 9 heteroatoms. The van der Waals surface area contributed by atoms with Gasteiger partial charge in [-0.05, 0) is 31.2 Å². The van der Waals surface area contributed by atoms with Gasteiger partial charge in [0.15, 0.2) is 0 Å². The van der Waals surface area contributed by atoms with Gasteiger partial charge in [0.2, 0.25) is 5.91 Å². The van der Waals surface area contributed by atoms with Gasteiger partial charge in [-0.2, -0.15) is 0 Å². The minimum absolute atomic E-state index is 0.0285. The minimum atomic E-state index is -4.08. The average molecular weight is 393 g/mol. The molecule has 3 heterocycles. The summed E-state index contributed by atoms with van der Waals surface area (Å²) in [4.78, 5) is 25.4. The van der Waals surface area contributed by atoms with Crippen LogP contribution in [0.2, 0.25) is 0 Å². The first kappa shape index (κ1) is 18.0. The molecule has 4 atom stereocenters. The molecular formula is C18H19NO7S. The van der Waals surface area contributed by atoms with Crippen LogP contribution < -0.4 is 4.74 Å². The topological polar surface area (TPSA) is 99.2 Å². The molecule has 27 heavy (non-hydrogen) atoms. The number of benzene rings is 1. The highest BCUT2D eigenvalue weighted by Crippen LogP contribution is 2.53. The Morgan fingerprint density at radius 1 is 1.33 bits per heavy atom. The molecule has 1 aromatic carbocycles. The lowest BCUT2D eigenvalue weighted by molar-refractivity contribution is -0.152. The quantitative estimate of drug-likeness (QED) is 0.537. The fourth-order valence-electron chi connectivity index (χ4n) is 4.05. The van der Waals surface area contributed by atoms with Crippen molar-refractivity contribution >= 4 is 21.9 Å². The van der Waals surface area contributed by atoms with E-state index in [0.29, 0.717) is 5.75 Å². The SMILES string of the molecule is CCOC(=O)[C@@H]1[C@H]2C(=O)N(S(=O)(=O)c3ccc(OC)cc3)C[C@]23C=C[C@H]1O3. The average Bonchev–Trinajstić information content (AvgIpc) is 3.30. The Labute approximate surface area is 156 Å². The molecule has 0 saturated carbocycles. The van der Waals surface area contributed by atoms with Crippen molar-refractivity contribution in [3.63, 3.8) is 0 Å². The number of methoxy groups -OCH3 is 1. The zero-order valence-electron chi connectivity index (χ0n) is 14.8. The molecule has 1 amide bonds. The van der Waals surface area contributed by atoms with E-state index in [0.717, 1.165) is 4.31 Å². The Morgan fingerprint density at radius 3 is 2.67 bits per heavy atom. The van der Waals surface area contributed by atoms with Crippen molar-refractivity contribution < 1.29 is 32.2 Å². The maximum absolute atomic E-state index is 13.0. The van der Waals surface area contributed by atoms with Crippen LogP contribution in [-0.4, -0.2) is 56.6 Å². The smallest absolute Gasteiger partial charge is 0.312 e. The second-order valence-electron chi connectivity index (χ2n) is 6.68. The van der Waals surface area contributed by atoms with Crippen molar-refractivity contribution in [1.29, 1.82) is 0 Å². The Balaban J connectivity index is 1.68. The number of esters is 1. The summed E-state index contributed by atoms with van der Waals surface area (Å²) in [6, 6.07) is 5.78. The molecule has 2 saturated heterocycles. The molecule has 0 radical (unpaired) electrons. The Bertz CT molecular complexity index is 924. The first-order chi connectivity index (χ1) is 12.8. The first-order valence-electron chi connectivity index (χ1n) is 8.58. The molecular weight excluding hydrogens is 374 g/mol. The van der Waals surface area contributed by atoms with Crippen LogP contribution in [0.3, 0.4) is 0 Å². The second-order valence-corrected chi connectivity index (χ2v) is 8.54. The predicted octanol–water partition coefficient (Wildman–Crippen LogP) is 0.729. The normalized spacial score (nSPS) is 31.3. The van der Waals surface area contributed by atoms with Gasteiger partial charge in [0.25, 0.3) is 10.0 Å². The lowest BCUT2D eigenvalue weighted by Gasteiger charge is -2.22. The van der Waals surface area contributed by atoms with Crippen LogP contribution in [0.4, 0.5) is 0 Å². The lowest BCUT2D eigenvalue weighted by atomic mass is 9.77. The van der Waals surface area contributed by atoms with Gasteiger partial charge < -0.3 is 14.2 Å². The number of hydrogen-bond acceptors (Lipinski definition) is 7. The highest BCUT2D eigenvalue weighted by molar-refractivity contribution is 7.89. The molecule has 3 aliphatic heterocycles. The molecule has 0 unspecified atom stereocenters. The van der Waals surface area contributed by atoms with Crippen LogP contribution in [0.5, 0.6) is 5.75 Å². The van der Waals surface area contributed by atoms with Gasteiger partial charge in [-0.1, -0.05) is 12.2 Å². The van der Waals surface area contributed by atoms with Gasteiger partial charge in [0.05, 0.1) is 37.2 Å². The fourth-order valence-corrected chi connectivity index (χ4v) is 5.51. The molecule has 0 aromatic heterocycles. The van der Waals surface area contributed by atoms with Crippen molar-refractivity contribution in [3.8, 4) is 5.75 Å². The highest BCUT2D eigenvalue weighted by Gasteiger charge is 2.69. The van der Waals surface area contributed by atoms with E-state index in [9.17, 15) is 18.0 Å². The van der Waals surface area contributed by atoms with E-state index in [-0.39, 0.29) is 18.0 Å². The van der Waals surface area contributed by atoms with Crippen molar-refractivity contribution in [1.82, 2.24) is 4.31 Å². The first-order valence-corrected chi connectivity index (χ1v) is 10.0. The van der Waals surface area contributed by atoms with E-state index in [1.165, 1.54) is 31.4 Å². The minimum Gasteiger partial charge on any atom is -0.497 e. The van der Waals surface area contributed by atoms with E-state index in [1.54, 1.807) is 19.1 Å². The summed E-state index contributed by atoms with van der Waals surface area (Å²) in [6.45, 7) is 1.69. The standard InChI is InChI=1S/C18H19NO7S/c1-3-25-17(21)14-13-8-9-18(26-13)10-19(16(20)15(14)18)27(22,23)12-6-4-11(24-2)5-7-12/h4-9,13-15H,3,10H2,1-2H3/t13-,14+,15+,18-/m1/s1. The van der Waals surface area contributed by atoms with Crippen molar-refractivity contribution in [3.05, 3.63) is 36.4 Å². The van der Waals surface area contributed by atoms with Crippen LogP contribution in [0.25, 0.3) is 0 Å². The maximum atomic E-state index is 13.0. The molecule has 8 nitrogen and oxygen atoms in total. The number of amides is 1. The van der Waals surface area contributed by atoms with Crippen molar-refractivity contribution in [2.45, 2.75) is 23.5 Å². The largest absolute Gasteiger partial charge is 0.497 e. The summed E-state index contributed by atoms with van der Waals surface area (Å²) in [5.41, 5.74) is -1.11. The van der Waals surface area contributed by atoms with Gasteiger partial charge >= 0.3 is 5.97 Å².